The number of nitrogens with two attached hydrogens (primary N) is 1. The molecule has 0 atom stereocenters. The van der Waals surface area contributed by atoms with E-state index in [9.17, 15) is 8.42 Å². The molecule has 1 saturated carbocycles. The van der Waals surface area contributed by atoms with E-state index in [1.807, 2.05) is 13.8 Å². The number of nitrogens with zero attached hydrogens (tertiary/aromatic N) is 1. The van der Waals surface area contributed by atoms with E-state index in [0.29, 0.717) is 23.0 Å². The Labute approximate surface area is 128 Å². The number of aryl methyl sites for hydroxylation is 2. The first-order valence-electron chi connectivity index (χ1n) is 7.65. The van der Waals surface area contributed by atoms with E-state index in [2.05, 4.69) is 0 Å². The van der Waals surface area contributed by atoms with Crippen molar-refractivity contribution in [1.82, 2.24) is 4.31 Å². The van der Waals surface area contributed by atoms with Gasteiger partial charge in [-0.2, -0.15) is 0 Å². The molecule has 1 aliphatic rings. The Kier molecular flexibility index (Phi) is 4.94. The minimum Gasteiger partial charge on any atom is -0.399 e. The molecule has 0 saturated heterocycles. The van der Waals surface area contributed by atoms with Gasteiger partial charge in [-0.1, -0.05) is 19.3 Å². The maximum Gasteiger partial charge on any atom is 0.243 e. The molecule has 1 aromatic carbocycles. The summed E-state index contributed by atoms with van der Waals surface area (Å²) in [5, 5.41) is 0. The SMILES string of the molecule is Cc1cc(N)cc(C)c1S(=O)(=O)N(C)CC1CCCCC1. The summed E-state index contributed by atoms with van der Waals surface area (Å²) in [5.74, 6) is 0.493. The van der Waals surface area contributed by atoms with Gasteiger partial charge in [-0.3, -0.25) is 0 Å². The van der Waals surface area contributed by atoms with Crippen molar-refractivity contribution in [3.8, 4) is 0 Å². The summed E-state index contributed by atoms with van der Waals surface area (Å²) in [5.41, 5.74) is 7.85. The maximum atomic E-state index is 12.8. The van der Waals surface area contributed by atoms with Crippen LogP contribution in [0.2, 0.25) is 0 Å². The van der Waals surface area contributed by atoms with Crippen molar-refractivity contribution in [1.29, 1.82) is 0 Å². The number of anilines is 1. The number of benzene rings is 1. The molecule has 2 N–H and O–H groups in total. The molecule has 0 aromatic heterocycles. The molecule has 0 bridgehead atoms. The van der Waals surface area contributed by atoms with E-state index < -0.39 is 10.0 Å². The van der Waals surface area contributed by atoms with E-state index in [1.165, 1.54) is 23.6 Å². The van der Waals surface area contributed by atoms with Gasteiger partial charge in [-0.05, 0) is 55.9 Å². The lowest BCUT2D eigenvalue weighted by Gasteiger charge is -2.27. The van der Waals surface area contributed by atoms with Gasteiger partial charge in [0.25, 0.3) is 0 Å². The van der Waals surface area contributed by atoms with Crippen LogP contribution >= 0.6 is 0 Å². The van der Waals surface area contributed by atoms with E-state index in [1.54, 1.807) is 19.2 Å². The molecule has 1 aromatic rings. The van der Waals surface area contributed by atoms with Crippen molar-refractivity contribution >= 4 is 15.7 Å². The van der Waals surface area contributed by atoms with Crippen LogP contribution in [0.3, 0.4) is 0 Å². The largest absolute Gasteiger partial charge is 0.399 e. The van der Waals surface area contributed by atoms with E-state index in [4.69, 9.17) is 5.73 Å². The summed E-state index contributed by atoms with van der Waals surface area (Å²) in [6.07, 6.45) is 6.00. The second-order valence-corrected chi connectivity index (χ2v) is 8.26. The van der Waals surface area contributed by atoms with Crippen LogP contribution in [0.5, 0.6) is 0 Å². The zero-order valence-corrected chi connectivity index (χ0v) is 14.0. The third-order valence-electron chi connectivity index (χ3n) is 4.39. The van der Waals surface area contributed by atoms with Gasteiger partial charge in [0.05, 0.1) is 4.90 Å². The quantitative estimate of drug-likeness (QED) is 0.869. The summed E-state index contributed by atoms with van der Waals surface area (Å²) < 4.78 is 27.2. The summed E-state index contributed by atoms with van der Waals surface area (Å²) in [4.78, 5) is 0.412. The summed E-state index contributed by atoms with van der Waals surface area (Å²) in [7, 11) is -1.75. The minimum atomic E-state index is -3.44. The lowest BCUT2D eigenvalue weighted by atomic mass is 9.89. The Morgan fingerprint density at radius 3 is 2.19 bits per heavy atom. The highest BCUT2D eigenvalue weighted by Crippen LogP contribution is 2.29. The highest BCUT2D eigenvalue weighted by molar-refractivity contribution is 7.89. The van der Waals surface area contributed by atoms with Crippen molar-refractivity contribution in [2.45, 2.75) is 50.8 Å². The molecule has 0 unspecified atom stereocenters. The Morgan fingerprint density at radius 2 is 1.67 bits per heavy atom. The molecule has 1 fully saturated rings. The second-order valence-electron chi connectivity index (χ2n) is 6.27. The molecule has 4 nitrogen and oxygen atoms in total. The Morgan fingerprint density at radius 1 is 1.14 bits per heavy atom. The van der Waals surface area contributed by atoms with Crippen LogP contribution in [0, 0.1) is 19.8 Å². The van der Waals surface area contributed by atoms with Crippen LogP contribution < -0.4 is 5.73 Å². The van der Waals surface area contributed by atoms with Gasteiger partial charge in [-0.25, -0.2) is 12.7 Å². The Bertz CT molecular complexity index is 582. The van der Waals surface area contributed by atoms with Crippen LogP contribution in [-0.2, 0) is 10.0 Å². The minimum absolute atomic E-state index is 0.412. The number of nitrogen functional groups attached to an aromatic ring is 1. The monoisotopic (exact) mass is 310 g/mol. The fraction of sp³-hybridized carbons (Fsp3) is 0.625. The van der Waals surface area contributed by atoms with Crippen molar-refractivity contribution in [2.75, 3.05) is 19.3 Å². The van der Waals surface area contributed by atoms with Crippen molar-refractivity contribution in [3.05, 3.63) is 23.3 Å². The van der Waals surface area contributed by atoms with Gasteiger partial charge in [0.15, 0.2) is 0 Å². The molecule has 0 aliphatic heterocycles. The molecule has 1 aliphatic carbocycles. The van der Waals surface area contributed by atoms with Crippen molar-refractivity contribution < 1.29 is 8.42 Å². The molecule has 0 radical (unpaired) electrons. The molecule has 0 heterocycles. The highest BCUT2D eigenvalue weighted by Gasteiger charge is 2.27. The molecule has 21 heavy (non-hydrogen) atoms. The molecule has 2 rings (SSSR count). The fourth-order valence-electron chi connectivity index (χ4n) is 3.38. The van der Waals surface area contributed by atoms with Crippen LogP contribution in [0.25, 0.3) is 0 Å². The van der Waals surface area contributed by atoms with Gasteiger partial charge >= 0.3 is 0 Å². The normalized spacial score (nSPS) is 17.3. The zero-order chi connectivity index (χ0) is 15.6. The van der Waals surface area contributed by atoms with Gasteiger partial charge in [0, 0.05) is 19.3 Å². The maximum absolute atomic E-state index is 12.8. The standard InChI is InChI=1S/C16H26N2O2S/c1-12-9-15(17)10-13(2)16(12)21(19,20)18(3)11-14-7-5-4-6-8-14/h9-10,14H,4-8,11,17H2,1-3H3. The van der Waals surface area contributed by atoms with Crippen LogP contribution in [-0.4, -0.2) is 26.3 Å². The van der Waals surface area contributed by atoms with E-state index in [0.717, 1.165) is 24.0 Å². The highest BCUT2D eigenvalue weighted by atomic mass is 32.2. The van der Waals surface area contributed by atoms with Gasteiger partial charge in [0.2, 0.25) is 10.0 Å². The number of hydrogen-bond donors (Lipinski definition) is 1. The van der Waals surface area contributed by atoms with Crippen LogP contribution in [0.15, 0.2) is 17.0 Å². The first-order valence-corrected chi connectivity index (χ1v) is 9.09. The summed E-state index contributed by atoms with van der Waals surface area (Å²) >= 11 is 0. The van der Waals surface area contributed by atoms with Crippen LogP contribution in [0.1, 0.15) is 43.2 Å². The lowest BCUT2D eigenvalue weighted by Crippen LogP contribution is -2.33. The molecule has 0 amide bonds. The Balaban J connectivity index is 2.24. The van der Waals surface area contributed by atoms with Gasteiger partial charge in [-0.15, -0.1) is 0 Å². The van der Waals surface area contributed by atoms with Gasteiger partial charge in [0.1, 0.15) is 0 Å². The second kappa shape index (κ2) is 6.36. The topological polar surface area (TPSA) is 63.4 Å². The third kappa shape index (κ3) is 3.58. The summed E-state index contributed by atoms with van der Waals surface area (Å²) in [6.45, 7) is 4.24. The third-order valence-corrected chi connectivity index (χ3v) is 6.52. The van der Waals surface area contributed by atoms with E-state index >= 15 is 0 Å². The molecule has 118 valence electrons. The number of sulfonamides is 1. The van der Waals surface area contributed by atoms with Gasteiger partial charge < -0.3 is 5.73 Å². The predicted octanol–water partition coefficient (Wildman–Crippen LogP) is 3.09. The molecular weight excluding hydrogens is 284 g/mol. The first kappa shape index (κ1) is 16.3. The van der Waals surface area contributed by atoms with Crippen LogP contribution in [0.4, 0.5) is 5.69 Å². The first-order chi connectivity index (χ1) is 9.82. The fourth-order valence-corrected chi connectivity index (χ4v) is 5.03. The predicted molar refractivity (Wildman–Crippen MR) is 86.7 cm³/mol. The Hall–Kier alpha value is -1.07. The molecule has 5 heteroatoms. The van der Waals surface area contributed by atoms with E-state index in [-0.39, 0.29) is 0 Å². The average Bonchev–Trinajstić information content (AvgIpc) is 2.38. The van der Waals surface area contributed by atoms with Crippen molar-refractivity contribution in [3.63, 3.8) is 0 Å². The lowest BCUT2D eigenvalue weighted by molar-refractivity contribution is 0.300. The smallest absolute Gasteiger partial charge is 0.243 e. The van der Waals surface area contributed by atoms with Crippen molar-refractivity contribution in [2.24, 2.45) is 5.92 Å². The number of rotatable bonds is 4. The zero-order valence-electron chi connectivity index (χ0n) is 13.2. The number of hydrogen-bond acceptors (Lipinski definition) is 3. The molecule has 0 spiro atoms. The summed E-state index contributed by atoms with van der Waals surface area (Å²) in [6, 6.07) is 3.46. The molecular formula is C16H26N2O2S. The average molecular weight is 310 g/mol.